The highest BCUT2D eigenvalue weighted by Gasteiger charge is 2.18. The third-order valence-corrected chi connectivity index (χ3v) is 4.80. The van der Waals surface area contributed by atoms with Crippen LogP contribution in [0.3, 0.4) is 0 Å². The van der Waals surface area contributed by atoms with Crippen LogP contribution in [0.1, 0.15) is 32.1 Å². The smallest absolute Gasteiger partial charge is 0.279 e. The van der Waals surface area contributed by atoms with Gasteiger partial charge in [0.25, 0.3) is 11.7 Å². The second-order valence-corrected chi connectivity index (χ2v) is 6.89. The van der Waals surface area contributed by atoms with Gasteiger partial charge in [0.2, 0.25) is 0 Å². The number of amides is 1. The minimum Gasteiger partial charge on any atom is -0.336 e. The molecule has 1 aromatic carbocycles. The maximum absolute atomic E-state index is 12.4. The first kappa shape index (κ1) is 16.7. The molecule has 5 nitrogen and oxygen atoms in total. The van der Waals surface area contributed by atoms with Gasteiger partial charge in [-0.3, -0.25) is 9.69 Å². The zero-order valence-electron chi connectivity index (χ0n) is 14.6. The highest BCUT2D eigenvalue weighted by molar-refractivity contribution is 6.00. The van der Waals surface area contributed by atoms with Gasteiger partial charge in [-0.2, -0.15) is 0 Å². The molecule has 0 radical (unpaired) electrons. The monoisotopic (exact) mass is 328 g/mol. The number of hydrogen-bond donors (Lipinski definition) is 2. The van der Waals surface area contributed by atoms with Crippen LogP contribution in [0.5, 0.6) is 0 Å². The molecule has 128 valence electrons. The van der Waals surface area contributed by atoms with Crippen molar-refractivity contribution >= 4 is 28.3 Å². The topological polar surface area (TPSA) is 63.1 Å². The molecular weight excluding hydrogens is 300 g/mol. The number of anilines is 2. The molecule has 4 N–H and O–H groups in total. The normalized spacial score (nSPS) is 15.4. The SMILES string of the molecule is CN(C)c1cc(NC(=O)C[NH2+]C2CCCCC2)c2ccccc2[nH+]1. The number of para-hydroxylation sites is 1. The Morgan fingerprint density at radius 1 is 1.25 bits per heavy atom. The largest absolute Gasteiger partial charge is 0.336 e. The number of aromatic nitrogens is 1. The lowest BCUT2D eigenvalue weighted by atomic mass is 9.95. The van der Waals surface area contributed by atoms with E-state index in [-0.39, 0.29) is 5.91 Å². The highest BCUT2D eigenvalue weighted by atomic mass is 16.1. The molecule has 0 atom stereocenters. The van der Waals surface area contributed by atoms with Crippen LogP contribution >= 0.6 is 0 Å². The molecule has 1 aromatic heterocycles. The summed E-state index contributed by atoms with van der Waals surface area (Å²) in [4.78, 5) is 17.8. The quantitative estimate of drug-likeness (QED) is 0.875. The number of hydrogen-bond acceptors (Lipinski definition) is 2. The predicted octanol–water partition coefficient (Wildman–Crippen LogP) is 1.55. The lowest BCUT2D eigenvalue weighted by Crippen LogP contribution is -2.91. The standard InChI is InChI=1S/C19H26N4O/c1-23(2)18-12-17(15-10-6-7-11-16(15)21-18)22-19(24)13-20-14-8-4-3-5-9-14/h6-7,10-12,14,20H,3-5,8-9,13H2,1-2H3,(H,21,22,24)/p+2. The molecular formula is C19H28N4O+2. The fourth-order valence-corrected chi connectivity index (χ4v) is 3.40. The average Bonchev–Trinajstić information content (AvgIpc) is 2.60. The van der Waals surface area contributed by atoms with E-state index in [1.807, 2.05) is 49.3 Å². The van der Waals surface area contributed by atoms with E-state index >= 15 is 0 Å². The number of quaternary nitrogens is 1. The molecule has 0 bridgehead atoms. The number of aromatic amines is 1. The van der Waals surface area contributed by atoms with E-state index in [1.54, 1.807) is 0 Å². The zero-order valence-corrected chi connectivity index (χ0v) is 14.6. The van der Waals surface area contributed by atoms with E-state index in [4.69, 9.17) is 0 Å². The Hall–Kier alpha value is -2.14. The Labute approximate surface area is 143 Å². The van der Waals surface area contributed by atoms with Gasteiger partial charge in [0.1, 0.15) is 5.52 Å². The van der Waals surface area contributed by atoms with Gasteiger partial charge >= 0.3 is 0 Å². The first-order valence-electron chi connectivity index (χ1n) is 8.89. The third kappa shape index (κ3) is 4.03. The number of fused-ring (bicyclic) bond motifs is 1. The Morgan fingerprint density at radius 3 is 2.75 bits per heavy atom. The van der Waals surface area contributed by atoms with Crippen LogP contribution < -0.4 is 20.5 Å². The molecule has 1 fully saturated rings. The van der Waals surface area contributed by atoms with E-state index in [1.165, 1.54) is 32.1 Å². The minimum atomic E-state index is 0.0710. The lowest BCUT2D eigenvalue weighted by Gasteiger charge is -2.19. The Bertz CT molecular complexity index is 708. The van der Waals surface area contributed by atoms with Gasteiger partial charge in [0, 0.05) is 5.39 Å². The van der Waals surface area contributed by atoms with Crippen LogP contribution in [0.25, 0.3) is 10.9 Å². The Balaban J connectivity index is 1.72. The molecule has 1 saturated carbocycles. The van der Waals surface area contributed by atoms with Crippen molar-refractivity contribution in [1.29, 1.82) is 0 Å². The van der Waals surface area contributed by atoms with Crippen LogP contribution in [0.2, 0.25) is 0 Å². The number of pyridine rings is 1. The molecule has 5 heteroatoms. The average molecular weight is 328 g/mol. The molecule has 3 rings (SSSR count). The molecule has 0 unspecified atom stereocenters. The summed E-state index contributed by atoms with van der Waals surface area (Å²) in [6.45, 7) is 0.495. The number of benzene rings is 1. The van der Waals surface area contributed by atoms with Crippen molar-refractivity contribution in [3.05, 3.63) is 30.3 Å². The van der Waals surface area contributed by atoms with Gasteiger partial charge in [-0.25, -0.2) is 4.98 Å². The molecule has 2 aromatic rings. The molecule has 1 heterocycles. The second-order valence-electron chi connectivity index (χ2n) is 6.89. The minimum absolute atomic E-state index is 0.0710. The fourth-order valence-electron chi connectivity index (χ4n) is 3.40. The summed E-state index contributed by atoms with van der Waals surface area (Å²) in [7, 11) is 3.98. The van der Waals surface area contributed by atoms with Gasteiger partial charge in [0.15, 0.2) is 6.54 Å². The number of carbonyl (C=O) groups is 1. The molecule has 24 heavy (non-hydrogen) atoms. The molecule has 0 spiro atoms. The Morgan fingerprint density at radius 2 is 2.00 bits per heavy atom. The van der Waals surface area contributed by atoms with Crippen LogP contribution in [0.4, 0.5) is 11.5 Å². The number of carbonyl (C=O) groups excluding carboxylic acids is 1. The summed E-state index contributed by atoms with van der Waals surface area (Å²) < 4.78 is 0. The second kappa shape index (κ2) is 7.62. The summed E-state index contributed by atoms with van der Waals surface area (Å²) in [6, 6.07) is 10.7. The summed E-state index contributed by atoms with van der Waals surface area (Å²) in [5.41, 5.74) is 1.89. The number of nitrogens with two attached hydrogens (primary N) is 1. The van der Waals surface area contributed by atoms with Gasteiger partial charge in [-0.1, -0.05) is 18.6 Å². The van der Waals surface area contributed by atoms with Gasteiger partial charge in [-0.15, -0.1) is 0 Å². The third-order valence-electron chi connectivity index (χ3n) is 4.80. The van der Waals surface area contributed by atoms with Crippen LogP contribution in [0, 0.1) is 0 Å². The first-order valence-corrected chi connectivity index (χ1v) is 8.89. The van der Waals surface area contributed by atoms with Crippen LogP contribution in [0.15, 0.2) is 30.3 Å². The van der Waals surface area contributed by atoms with E-state index < -0.39 is 0 Å². The van der Waals surface area contributed by atoms with Crippen molar-refractivity contribution in [1.82, 2.24) is 0 Å². The van der Waals surface area contributed by atoms with Crippen molar-refractivity contribution < 1.29 is 15.1 Å². The molecule has 0 saturated heterocycles. The van der Waals surface area contributed by atoms with E-state index in [0.717, 1.165) is 22.4 Å². The van der Waals surface area contributed by atoms with Crippen molar-refractivity contribution in [2.75, 3.05) is 30.9 Å². The van der Waals surface area contributed by atoms with E-state index in [2.05, 4.69) is 15.6 Å². The van der Waals surface area contributed by atoms with Crippen LogP contribution in [-0.2, 0) is 4.79 Å². The molecule has 1 aliphatic rings. The first-order chi connectivity index (χ1) is 11.6. The molecule has 1 aliphatic carbocycles. The van der Waals surface area contributed by atoms with Crippen molar-refractivity contribution in [3.63, 3.8) is 0 Å². The van der Waals surface area contributed by atoms with Gasteiger partial charge in [0.05, 0.1) is 31.9 Å². The summed E-state index contributed by atoms with van der Waals surface area (Å²) in [5, 5.41) is 6.35. The Kier molecular flexibility index (Phi) is 5.30. The molecule has 1 amide bonds. The van der Waals surface area contributed by atoms with E-state index in [9.17, 15) is 4.79 Å². The maximum atomic E-state index is 12.4. The van der Waals surface area contributed by atoms with Crippen molar-refractivity contribution in [2.45, 2.75) is 38.1 Å². The number of nitrogens with zero attached hydrogens (tertiary/aromatic N) is 1. The van der Waals surface area contributed by atoms with Crippen molar-refractivity contribution in [3.8, 4) is 0 Å². The van der Waals surface area contributed by atoms with Gasteiger partial charge in [-0.05, 0) is 37.8 Å². The summed E-state index contributed by atoms with van der Waals surface area (Å²) >= 11 is 0. The number of rotatable bonds is 5. The van der Waals surface area contributed by atoms with E-state index in [0.29, 0.717) is 12.6 Å². The highest BCUT2D eigenvalue weighted by Crippen LogP contribution is 2.23. The lowest BCUT2D eigenvalue weighted by molar-refractivity contribution is -0.681. The maximum Gasteiger partial charge on any atom is 0.279 e. The molecule has 0 aliphatic heterocycles. The van der Waals surface area contributed by atoms with Crippen molar-refractivity contribution in [2.24, 2.45) is 0 Å². The van der Waals surface area contributed by atoms with Gasteiger partial charge < -0.3 is 10.6 Å². The van der Waals surface area contributed by atoms with Crippen LogP contribution in [-0.4, -0.2) is 32.6 Å². The summed E-state index contributed by atoms with van der Waals surface area (Å²) in [6.07, 6.45) is 6.42. The predicted molar refractivity (Wildman–Crippen MR) is 97.1 cm³/mol. The number of H-pyrrole nitrogens is 1. The zero-order chi connectivity index (χ0) is 16.9. The number of nitrogens with one attached hydrogen (secondary N) is 2. The fraction of sp³-hybridized carbons (Fsp3) is 0.474. The summed E-state index contributed by atoms with van der Waals surface area (Å²) in [5.74, 6) is 1.04.